The van der Waals surface area contributed by atoms with Crippen LogP contribution in [0.3, 0.4) is 0 Å². The fourth-order valence-corrected chi connectivity index (χ4v) is 4.41. The Morgan fingerprint density at radius 3 is 2.22 bits per heavy atom. The summed E-state index contributed by atoms with van der Waals surface area (Å²) in [6.45, 7) is 2.10. The number of rotatable bonds is 3. The van der Waals surface area contributed by atoms with Crippen molar-refractivity contribution in [2.24, 2.45) is 0 Å². The molecule has 1 aliphatic heterocycles. The van der Waals surface area contributed by atoms with E-state index in [1.807, 2.05) is 31.2 Å². The van der Waals surface area contributed by atoms with E-state index in [4.69, 9.17) is 4.74 Å². The van der Waals surface area contributed by atoms with Gasteiger partial charge in [0, 0.05) is 12.0 Å². The second-order valence-corrected chi connectivity index (χ2v) is 7.35. The molecule has 0 aromatic heterocycles. The van der Waals surface area contributed by atoms with Crippen LogP contribution in [0.4, 0.5) is 4.79 Å². The predicted octanol–water partition coefficient (Wildman–Crippen LogP) is 4.26. The van der Waals surface area contributed by atoms with Gasteiger partial charge in [-0.2, -0.15) is 0 Å². The summed E-state index contributed by atoms with van der Waals surface area (Å²) in [6, 6.07) is 15.4. The van der Waals surface area contributed by atoms with Crippen LogP contribution >= 0.6 is 0 Å². The van der Waals surface area contributed by atoms with E-state index in [1.54, 1.807) is 0 Å². The van der Waals surface area contributed by atoms with Crippen molar-refractivity contribution in [1.29, 1.82) is 0 Å². The standard InChI is InChI=1S/C22H23NO4/c1-14-7-6-12-20(21(24)25)23(14)22(26)27-13-19-17-10-4-2-8-15(17)16-9-3-5-11-18(16)19/h2-5,8-11,14,19-20H,6-7,12-13H2,1H3,(H,24,25). The van der Waals surface area contributed by atoms with Crippen molar-refractivity contribution >= 4 is 12.1 Å². The molecular formula is C22H23NO4. The highest BCUT2D eigenvalue weighted by molar-refractivity contribution is 5.81. The largest absolute Gasteiger partial charge is 0.480 e. The molecule has 1 fully saturated rings. The van der Waals surface area contributed by atoms with E-state index >= 15 is 0 Å². The average Bonchev–Trinajstić information content (AvgIpc) is 3.00. The van der Waals surface area contributed by atoms with Crippen LogP contribution in [0.1, 0.15) is 43.2 Å². The number of carbonyl (C=O) groups excluding carboxylic acids is 1. The molecule has 1 aliphatic carbocycles. The molecule has 5 heteroatoms. The highest BCUT2D eigenvalue weighted by Crippen LogP contribution is 2.44. The summed E-state index contributed by atoms with van der Waals surface area (Å²) in [5.41, 5.74) is 4.63. The van der Waals surface area contributed by atoms with Gasteiger partial charge in [-0.25, -0.2) is 9.59 Å². The fourth-order valence-electron chi connectivity index (χ4n) is 4.41. The Kier molecular flexibility index (Phi) is 4.60. The second kappa shape index (κ2) is 7.06. The summed E-state index contributed by atoms with van der Waals surface area (Å²) in [7, 11) is 0. The van der Waals surface area contributed by atoms with Crippen molar-refractivity contribution < 1.29 is 19.4 Å². The summed E-state index contributed by atoms with van der Waals surface area (Å²) >= 11 is 0. The molecule has 0 radical (unpaired) electrons. The van der Waals surface area contributed by atoms with Gasteiger partial charge in [-0.15, -0.1) is 0 Å². The number of fused-ring (bicyclic) bond motifs is 3. The van der Waals surface area contributed by atoms with Crippen LogP contribution in [-0.2, 0) is 9.53 Å². The molecule has 1 N–H and O–H groups in total. The zero-order valence-electron chi connectivity index (χ0n) is 15.3. The monoisotopic (exact) mass is 365 g/mol. The minimum atomic E-state index is -0.963. The SMILES string of the molecule is CC1CCCC(C(=O)O)N1C(=O)OCC1c2ccccc2-c2ccccc21. The van der Waals surface area contributed by atoms with Gasteiger partial charge in [0.05, 0.1) is 0 Å². The molecule has 2 aromatic carbocycles. The van der Waals surface area contributed by atoms with Crippen LogP contribution in [0.15, 0.2) is 48.5 Å². The lowest BCUT2D eigenvalue weighted by molar-refractivity contribution is -0.145. The first-order chi connectivity index (χ1) is 13.1. The van der Waals surface area contributed by atoms with E-state index in [0.29, 0.717) is 6.42 Å². The second-order valence-electron chi connectivity index (χ2n) is 7.35. The summed E-state index contributed by atoms with van der Waals surface area (Å²) in [5.74, 6) is -0.986. The third-order valence-electron chi connectivity index (χ3n) is 5.74. The number of amides is 1. The average molecular weight is 365 g/mol. The summed E-state index contributed by atoms with van der Waals surface area (Å²) in [4.78, 5) is 25.7. The number of carboxylic acids is 1. The van der Waals surface area contributed by atoms with Gasteiger partial charge < -0.3 is 9.84 Å². The Labute approximate surface area is 158 Å². The maximum atomic E-state index is 12.7. The molecule has 1 heterocycles. The van der Waals surface area contributed by atoms with E-state index in [0.717, 1.165) is 24.0 Å². The van der Waals surface area contributed by atoms with E-state index in [1.165, 1.54) is 16.0 Å². The highest BCUT2D eigenvalue weighted by Gasteiger charge is 2.38. The van der Waals surface area contributed by atoms with Gasteiger partial charge in [0.1, 0.15) is 12.6 Å². The molecule has 0 saturated carbocycles. The molecule has 2 aromatic rings. The van der Waals surface area contributed by atoms with Crippen molar-refractivity contribution in [2.75, 3.05) is 6.61 Å². The molecule has 2 aliphatic rings. The number of nitrogens with zero attached hydrogens (tertiary/aromatic N) is 1. The van der Waals surface area contributed by atoms with Gasteiger partial charge in [-0.05, 0) is 48.4 Å². The van der Waals surface area contributed by atoms with Gasteiger partial charge in [0.25, 0.3) is 0 Å². The number of aliphatic carboxylic acids is 1. The van der Waals surface area contributed by atoms with Crippen LogP contribution in [0.5, 0.6) is 0 Å². The number of hydrogen-bond acceptors (Lipinski definition) is 3. The predicted molar refractivity (Wildman–Crippen MR) is 102 cm³/mol. The topological polar surface area (TPSA) is 66.8 Å². The molecule has 1 saturated heterocycles. The Bertz CT molecular complexity index is 833. The lowest BCUT2D eigenvalue weighted by Gasteiger charge is -2.37. The maximum Gasteiger partial charge on any atom is 0.410 e. The lowest BCUT2D eigenvalue weighted by atomic mass is 9.97. The Hall–Kier alpha value is -2.82. The normalized spacial score (nSPS) is 21.4. The lowest BCUT2D eigenvalue weighted by Crippen LogP contribution is -2.52. The van der Waals surface area contributed by atoms with E-state index in [2.05, 4.69) is 24.3 Å². The number of piperidine rings is 1. The molecule has 140 valence electrons. The first kappa shape index (κ1) is 17.6. The van der Waals surface area contributed by atoms with Crippen molar-refractivity contribution in [3.63, 3.8) is 0 Å². The summed E-state index contributed by atoms with van der Waals surface area (Å²) in [6.07, 6.45) is 1.56. The minimum absolute atomic E-state index is 0.0234. The van der Waals surface area contributed by atoms with Crippen molar-refractivity contribution in [3.05, 3.63) is 59.7 Å². The zero-order chi connectivity index (χ0) is 19.0. The molecule has 2 unspecified atom stereocenters. The minimum Gasteiger partial charge on any atom is -0.480 e. The van der Waals surface area contributed by atoms with Gasteiger partial charge in [0.15, 0.2) is 0 Å². The Balaban J connectivity index is 1.55. The van der Waals surface area contributed by atoms with E-state index in [-0.39, 0.29) is 18.6 Å². The molecule has 5 nitrogen and oxygen atoms in total. The summed E-state index contributed by atoms with van der Waals surface area (Å²) < 4.78 is 5.65. The van der Waals surface area contributed by atoms with E-state index in [9.17, 15) is 14.7 Å². The summed E-state index contributed by atoms with van der Waals surface area (Å²) in [5, 5.41) is 9.47. The first-order valence-electron chi connectivity index (χ1n) is 9.44. The zero-order valence-corrected chi connectivity index (χ0v) is 15.3. The maximum absolute atomic E-state index is 12.7. The number of hydrogen-bond donors (Lipinski definition) is 1. The Morgan fingerprint density at radius 1 is 1.04 bits per heavy atom. The Morgan fingerprint density at radius 2 is 1.63 bits per heavy atom. The van der Waals surface area contributed by atoms with Gasteiger partial charge in [-0.1, -0.05) is 48.5 Å². The van der Waals surface area contributed by atoms with Crippen LogP contribution in [-0.4, -0.2) is 40.8 Å². The van der Waals surface area contributed by atoms with Crippen molar-refractivity contribution in [1.82, 2.24) is 4.90 Å². The molecule has 0 spiro atoms. The molecule has 0 bridgehead atoms. The van der Waals surface area contributed by atoms with Crippen LogP contribution in [0.2, 0.25) is 0 Å². The van der Waals surface area contributed by atoms with Crippen molar-refractivity contribution in [2.45, 2.75) is 44.2 Å². The van der Waals surface area contributed by atoms with Crippen LogP contribution in [0.25, 0.3) is 11.1 Å². The molecule has 4 rings (SSSR count). The number of ether oxygens (including phenoxy) is 1. The van der Waals surface area contributed by atoms with Gasteiger partial charge in [-0.3, -0.25) is 4.90 Å². The number of likely N-dealkylation sites (tertiary alicyclic amines) is 1. The van der Waals surface area contributed by atoms with Gasteiger partial charge in [0.2, 0.25) is 0 Å². The first-order valence-corrected chi connectivity index (χ1v) is 9.44. The molecule has 2 atom stereocenters. The van der Waals surface area contributed by atoms with Crippen LogP contribution < -0.4 is 0 Å². The van der Waals surface area contributed by atoms with E-state index < -0.39 is 18.1 Å². The van der Waals surface area contributed by atoms with Crippen molar-refractivity contribution in [3.8, 4) is 11.1 Å². The molecule has 1 amide bonds. The van der Waals surface area contributed by atoms with Gasteiger partial charge >= 0.3 is 12.1 Å². The highest BCUT2D eigenvalue weighted by atomic mass is 16.6. The molecular weight excluding hydrogens is 342 g/mol. The fraction of sp³-hybridized carbons (Fsp3) is 0.364. The quantitative estimate of drug-likeness (QED) is 0.882. The number of benzene rings is 2. The number of carboxylic acid groups (broad SMARTS) is 1. The smallest absolute Gasteiger partial charge is 0.410 e. The molecule has 27 heavy (non-hydrogen) atoms. The third-order valence-corrected chi connectivity index (χ3v) is 5.74. The number of carbonyl (C=O) groups is 2. The third kappa shape index (κ3) is 3.07. The van der Waals surface area contributed by atoms with Crippen LogP contribution in [0, 0.1) is 0 Å².